The lowest BCUT2D eigenvalue weighted by Gasteiger charge is -2.32. The summed E-state index contributed by atoms with van der Waals surface area (Å²) < 4.78 is 0. The molecule has 3 aliphatic heterocycles. The molecule has 0 bridgehead atoms. The van der Waals surface area contributed by atoms with E-state index in [0.29, 0.717) is 19.0 Å². The van der Waals surface area contributed by atoms with Gasteiger partial charge in [-0.3, -0.25) is 15.0 Å². The van der Waals surface area contributed by atoms with Crippen molar-refractivity contribution < 1.29 is 9.86 Å². The summed E-state index contributed by atoms with van der Waals surface area (Å²) in [5.74, 6) is -0.466. The van der Waals surface area contributed by atoms with Crippen molar-refractivity contribution in [2.75, 3.05) is 19.6 Å². The second kappa shape index (κ2) is 3.40. The Morgan fingerprint density at radius 2 is 2.44 bits per heavy atom. The summed E-state index contributed by atoms with van der Waals surface area (Å²) in [4.78, 5) is 13.6. The van der Waals surface area contributed by atoms with Gasteiger partial charge < -0.3 is 16.0 Å². The third kappa shape index (κ3) is 1.31. The monoisotopic (exact) mass is 226 g/mol. The summed E-state index contributed by atoms with van der Waals surface area (Å²) in [7, 11) is 0. The fourth-order valence-corrected chi connectivity index (χ4v) is 3.57. The molecule has 0 aromatic rings. The molecule has 3 aliphatic rings. The first-order valence-corrected chi connectivity index (χ1v) is 5.96. The van der Waals surface area contributed by atoms with Crippen LogP contribution in [0.25, 0.3) is 0 Å². The number of nitrogens with zero attached hydrogens (tertiary/aromatic N) is 1. The Hall–Kier alpha value is -0.690. The second-order valence-corrected chi connectivity index (χ2v) is 5.20. The van der Waals surface area contributed by atoms with Crippen molar-refractivity contribution in [1.82, 2.24) is 10.2 Å². The Morgan fingerprint density at radius 3 is 3.12 bits per heavy atom. The lowest BCUT2D eigenvalue weighted by Crippen LogP contribution is -3.11. The Labute approximate surface area is 94.3 Å². The molecule has 4 atom stereocenters. The molecule has 6 heteroatoms. The van der Waals surface area contributed by atoms with Crippen molar-refractivity contribution in [2.24, 2.45) is 5.73 Å². The smallest absolute Gasteiger partial charge is 0.276 e. The summed E-state index contributed by atoms with van der Waals surface area (Å²) in [6.45, 7) is 2.42. The van der Waals surface area contributed by atoms with Crippen molar-refractivity contribution in [3.8, 4) is 0 Å². The average molecular weight is 226 g/mol. The van der Waals surface area contributed by atoms with E-state index < -0.39 is 11.9 Å². The zero-order chi connectivity index (χ0) is 11.3. The minimum Gasteiger partial charge on any atom is -0.634 e. The van der Waals surface area contributed by atoms with Crippen molar-refractivity contribution in [3.05, 3.63) is 5.21 Å². The van der Waals surface area contributed by atoms with Crippen molar-refractivity contribution in [3.63, 3.8) is 0 Å². The number of hydrogen-bond acceptors (Lipinski definition) is 4. The predicted octanol–water partition coefficient (Wildman–Crippen LogP) is -2.61. The quantitative estimate of drug-likeness (QED) is 0.428. The molecule has 3 rings (SSSR count). The average Bonchev–Trinajstić information content (AvgIpc) is 2.84. The first-order chi connectivity index (χ1) is 7.62. The Balaban J connectivity index is 1.83. The zero-order valence-corrected chi connectivity index (χ0v) is 9.24. The molecule has 90 valence electrons. The zero-order valence-electron chi connectivity index (χ0n) is 9.24. The molecule has 0 radical (unpaired) electrons. The van der Waals surface area contributed by atoms with Gasteiger partial charge in [-0.15, -0.1) is 0 Å². The third-order valence-corrected chi connectivity index (χ3v) is 4.33. The van der Waals surface area contributed by atoms with Gasteiger partial charge >= 0.3 is 0 Å². The highest BCUT2D eigenvalue weighted by molar-refractivity contribution is 5.78. The van der Waals surface area contributed by atoms with E-state index in [1.54, 1.807) is 0 Å². The van der Waals surface area contributed by atoms with Gasteiger partial charge in [-0.1, -0.05) is 0 Å². The first-order valence-electron chi connectivity index (χ1n) is 5.96. The molecule has 3 fully saturated rings. The minimum atomic E-state index is -0.577. The van der Waals surface area contributed by atoms with Crippen LogP contribution in [0.1, 0.15) is 19.3 Å². The Kier molecular flexibility index (Phi) is 2.22. The summed E-state index contributed by atoms with van der Waals surface area (Å²) in [5.41, 5.74) is 5.02. The van der Waals surface area contributed by atoms with E-state index in [2.05, 4.69) is 10.2 Å². The van der Waals surface area contributed by atoms with Crippen LogP contribution in [0.4, 0.5) is 0 Å². The van der Waals surface area contributed by atoms with Crippen LogP contribution >= 0.6 is 0 Å². The molecule has 1 amide bonds. The van der Waals surface area contributed by atoms with Gasteiger partial charge in [-0.05, 0) is 12.8 Å². The highest BCUT2D eigenvalue weighted by Gasteiger charge is 2.56. The fraction of sp³-hybridized carbons (Fsp3) is 0.900. The third-order valence-electron chi connectivity index (χ3n) is 4.33. The van der Waals surface area contributed by atoms with Gasteiger partial charge in [0, 0.05) is 25.6 Å². The number of rotatable bonds is 1. The van der Waals surface area contributed by atoms with Crippen molar-refractivity contribution in [1.29, 1.82) is 0 Å². The molecule has 1 spiro atoms. The standard InChI is InChI=1S/C10H18N4O2/c11-9(15)8-4-10(6-14(8)16)12-5-7-2-1-3-13(7)10/h7-8,12,14H,1-6H2,(H2,11,15). The van der Waals surface area contributed by atoms with Crippen molar-refractivity contribution >= 4 is 5.91 Å². The molecular weight excluding hydrogens is 208 g/mol. The molecule has 3 saturated heterocycles. The van der Waals surface area contributed by atoms with E-state index in [9.17, 15) is 10.0 Å². The number of hydroxylamine groups is 2. The van der Waals surface area contributed by atoms with Gasteiger partial charge in [0.2, 0.25) is 0 Å². The summed E-state index contributed by atoms with van der Waals surface area (Å²) >= 11 is 0. The van der Waals surface area contributed by atoms with Gasteiger partial charge in [0.1, 0.15) is 12.2 Å². The molecule has 4 unspecified atom stereocenters. The molecule has 4 N–H and O–H groups in total. The number of hydrogen-bond donors (Lipinski definition) is 3. The molecule has 0 aromatic heterocycles. The maximum Gasteiger partial charge on any atom is 0.276 e. The van der Waals surface area contributed by atoms with Gasteiger partial charge in [0.15, 0.2) is 6.04 Å². The Morgan fingerprint density at radius 1 is 1.62 bits per heavy atom. The molecule has 0 aromatic carbocycles. The highest BCUT2D eigenvalue weighted by atomic mass is 16.5. The van der Waals surface area contributed by atoms with Gasteiger partial charge in [0.25, 0.3) is 5.91 Å². The lowest BCUT2D eigenvalue weighted by atomic mass is 10.1. The maximum atomic E-state index is 11.8. The van der Waals surface area contributed by atoms with Crippen LogP contribution < -0.4 is 16.1 Å². The number of primary amides is 1. The lowest BCUT2D eigenvalue weighted by molar-refractivity contribution is -0.853. The number of nitrogens with two attached hydrogens (primary N) is 1. The topological polar surface area (TPSA) is 85.9 Å². The number of carbonyl (C=O) groups excluding carboxylic acids is 1. The number of quaternary nitrogens is 1. The van der Waals surface area contributed by atoms with Crippen LogP contribution in [0.3, 0.4) is 0 Å². The van der Waals surface area contributed by atoms with E-state index in [0.717, 1.165) is 13.1 Å². The van der Waals surface area contributed by atoms with Crippen LogP contribution in [0, 0.1) is 5.21 Å². The van der Waals surface area contributed by atoms with Crippen LogP contribution in [0.15, 0.2) is 0 Å². The molecular formula is C10H18N4O2. The largest absolute Gasteiger partial charge is 0.634 e. The SMILES string of the molecule is NC(=O)C1CC2(C[NH+]1[O-])NCC1CCCN12. The van der Waals surface area contributed by atoms with Gasteiger partial charge in [0.05, 0.1) is 0 Å². The van der Waals surface area contributed by atoms with Crippen LogP contribution in [-0.2, 0) is 4.79 Å². The molecule has 3 heterocycles. The van der Waals surface area contributed by atoms with E-state index in [-0.39, 0.29) is 10.7 Å². The first kappa shape index (κ1) is 10.5. The van der Waals surface area contributed by atoms with E-state index >= 15 is 0 Å². The highest BCUT2D eigenvalue weighted by Crippen LogP contribution is 2.34. The number of carbonyl (C=O) groups is 1. The number of fused-ring (bicyclic) bond motifs is 2. The fourth-order valence-electron chi connectivity index (χ4n) is 3.57. The molecule has 0 saturated carbocycles. The van der Waals surface area contributed by atoms with E-state index in [1.165, 1.54) is 12.8 Å². The van der Waals surface area contributed by atoms with Crippen LogP contribution in [0.2, 0.25) is 0 Å². The van der Waals surface area contributed by atoms with E-state index in [4.69, 9.17) is 5.73 Å². The second-order valence-electron chi connectivity index (χ2n) is 5.20. The maximum absolute atomic E-state index is 11.8. The Bertz CT molecular complexity index is 324. The summed E-state index contributed by atoms with van der Waals surface area (Å²) in [6.07, 6.45) is 2.96. The van der Waals surface area contributed by atoms with Gasteiger partial charge in [-0.2, -0.15) is 0 Å². The minimum absolute atomic E-state index is 0.00699. The van der Waals surface area contributed by atoms with Crippen LogP contribution in [0.5, 0.6) is 0 Å². The van der Waals surface area contributed by atoms with Gasteiger partial charge in [-0.25, -0.2) is 0 Å². The van der Waals surface area contributed by atoms with Crippen molar-refractivity contribution in [2.45, 2.75) is 37.0 Å². The molecule has 0 aliphatic carbocycles. The molecule has 16 heavy (non-hydrogen) atoms. The number of amides is 1. The predicted molar refractivity (Wildman–Crippen MR) is 57.3 cm³/mol. The van der Waals surface area contributed by atoms with E-state index in [1.807, 2.05) is 0 Å². The molecule has 6 nitrogen and oxygen atoms in total. The summed E-state index contributed by atoms with van der Waals surface area (Å²) in [5, 5.41) is 15.3. The normalized spacial score (nSPS) is 47.7. The summed E-state index contributed by atoms with van der Waals surface area (Å²) in [6, 6.07) is -0.0220. The van der Waals surface area contributed by atoms with Crippen LogP contribution in [-0.4, -0.2) is 48.2 Å². The number of nitrogens with one attached hydrogen (secondary N) is 2.